The van der Waals surface area contributed by atoms with Crippen molar-refractivity contribution in [3.8, 4) is 22.6 Å². The third kappa shape index (κ3) is 3.14. The second-order valence-corrected chi connectivity index (χ2v) is 7.06. The monoisotopic (exact) mass is 387 g/mol. The van der Waals surface area contributed by atoms with Crippen molar-refractivity contribution in [2.24, 2.45) is 5.73 Å². The van der Waals surface area contributed by atoms with Crippen LogP contribution in [0.3, 0.4) is 0 Å². The number of aryl methyl sites for hydroxylation is 1. The number of nitrogens with one attached hydrogen (secondary N) is 1. The van der Waals surface area contributed by atoms with Gasteiger partial charge in [0, 0.05) is 36.3 Å². The largest absolute Gasteiger partial charge is 0.395 e. The molecule has 0 spiro atoms. The Bertz CT molecular complexity index is 1240. The fourth-order valence-electron chi connectivity index (χ4n) is 3.34. The number of hydrogen-bond donors (Lipinski definition) is 3. The van der Waals surface area contributed by atoms with Gasteiger partial charge < -0.3 is 16.4 Å². The van der Waals surface area contributed by atoms with Crippen molar-refractivity contribution < 1.29 is 4.79 Å². The van der Waals surface area contributed by atoms with E-state index in [1.54, 1.807) is 6.20 Å². The predicted molar refractivity (Wildman–Crippen MR) is 115 cm³/mol. The highest BCUT2D eigenvalue weighted by Crippen LogP contribution is 2.36. The van der Waals surface area contributed by atoms with Gasteiger partial charge in [0.05, 0.1) is 23.1 Å². The van der Waals surface area contributed by atoms with E-state index in [2.05, 4.69) is 15.2 Å². The smallest absolute Gasteiger partial charge is 0.269 e. The molecule has 0 aliphatic heterocycles. The first-order valence-electron chi connectivity index (χ1n) is 9.05. The van der Waals surface area contributed by atoms with E-state index in [0.717, 1.165) is 33.3 Å². The van der Waals surface area contributed by atoms with Gasteiger partial charge in [-0.2, -0.15) is 5.10 Å². The highest BCUT2D eigenvalue weighted by atomic mass is 16.1. The van der Waals surface area contributed by atoms with Crippen molar-refractivity contribution in [2.75, 3.05) is 24.7 Å². The second kappa shape index (κ2) is 6.90. The van der Waals surface area contributed by atoms with Gasteiger partial charge in [0.2, 0.25) is 0 Å². The van der Waals surface area contributed by atoms with Crippen LogP contribution in [0.2, 0.25) is 0 Å². The molecule has 2 aromatic carbocycles. The first-order chi connectivity index (χ1) is 13.9. The van der Waals surface area contributed by atoms with Crippen LogP contribution in [0.25, 0.3) is 33.5 Å². The van der Waals surface area contributed by atoms with E-state index in [1.165, 1.54) is 0 Å². The fraction of sp³-hybridized carbons (Fsp3) is 0.143. The fourth-order valence-corrected chi connectivity index (χ4v) is 3.34. The Morgan fingerprint density at radius 3 is 2.66 bits per heavy atom. The number of nitrogens with two attached hydrogens (primary N) is 2. The number of aromatic nitrogens is 4. The van der Waals surface area contributed by atoms with Gasteiger partial charge in [-0.1, -0.05) is 18.2 Å². The zero-order chi connectivity index (χ0) is 20.7. The van der Waals surface area contributed by atoms with E-state index in [9.17, 15) is 4.79 Å². The molecular formula is C21H21N7O. The van der Waals surface area contributed by atoms with Crippen molar-refractivity contribution in [1.29, 1.82) is 0 Å². The molecule has 2 heterocycles. The van der Waals surface area contributed by atoms with Crippen LogP contribution in [0, 0.1) is 6.92 Å². The van der Waals surface area contributed by atoms with Gasteiger partial charge in [0.15, 0.2) is 11.5 Å². The van der Waals surface area contributed by atoms with Gasteiger partial charge in [-0.3, -0.25) is 9.89 Å². The minimum absolute atomic E-state index is 0.000143. The lowest BCUT2D eigenvalue weighted by molar-refractivity contribution is 0.0996. The maximum atomic E-state index is 12.1. The number of carbonyl (C=O) groups excluding carboxylic acids is 1. The SMILES string of the molecule is Cc1ccc2[nH]ncc2c1-c1nc(-c2cccc(N(C)C)c2)nc(C(N)=O)c1N. The van der Waals surface area contributed by atoms with Crippen LogP contribution in [-0.4, -0.2) is 40.2 Å². The first-order valence-corrected chi connectivity index (χ1v) is 9.05. The van der Waals surface area contributed by atoms with Gasteiger partial charge in [0.25, 0.3) is 5.91 Å². The Labute approximate surface area is 167 Å². The molecular weight excluding hydrogens is 366 g/mol. The van der Waals surface area contributed by atoms with E-state index in [1.807, 2.05) is 62.3 Å². The highest BCUT2D eigenvalue weighted by molar-refractivity contribution is 6.04. The van der Waals surface area contributed by atoms with Crippen molar-refractivity contribution in [1.82, 2.24) is 20.2 Å². The first kappa shape index (κ1) is 18.4. The maximum Gasteiger partial charge on any atom is 0.269 e. The third-order valence-corrected chi connectivity index (χ3v) is 4.87. The van der Waals surface area contributed by atoms with Crippen LogP contribution >= 0.6 is 0 Å². The standard InChI is InChI=1S/C21H21N7O/c1-11-7-8-15-14(10-24-27-15)16(11)18-17(22)19(20(23)29)26-21(25-18)12-5-4-6-13(9-12)28(2)3/h4-10H,22H2,1-3H3,(H2,23,29)(H,24,27). The Hall–Kier alpha value is -3.94. The number of rotatable bonds is 4. The molecule has 5 N–H and O–H groups in total. The second-order valence-electron chi connectivity index (χ2n) is 7.06. The number of nitrogens with zero attached hydrogens (tertiary/aromatic N) is 4. The summed E-state index contributed by atoms with van der Waals surface area (Å²) in [5.41, 5.74) is 16.8. The van der Waals surface area contributed by atoms with Crippen LogP contribution in [0.4, 0.5) is 11.4 Å². The molecule has 8 heteroatoms. The summed E-state index contributed by atoms with van der Waals surface area (Å²) in [5.74, 6) is -0.320. The molecule has 0 aliphatic carbocycles. The minimum atomic E-state index is -0.701. The lowest BCUT2D eigenvalue weighted by atomic mass is 9.99. The molecule has 4 rings (SSSR count). The molecule has 0 fully saturated rings. The summed E-state index contributed by atoms with van der Waals surface area (Å²) in [6, 6.07) is 11.6. The molecule has 2 aromatic heterocycles. The van der Waals surface area contributed by atoms with E-state index in [0.29, 0.717) is 11.5 Å². The average Bonchev–Trinajstić information content (AvgIpc) is 3.17. The summed E-state index contributed by atoms with van der Waals surface area (Å²) < 4.78 is 0. The van der Waals surface area contributed by atoms with Crippen LogP contribution in [0.1, 0.15) is 16.1 Å². The van der Waals surface area contributed by atoms with Crippen LogP contribution < -0.4 is 16.4 Å². The summed E-state index contributed by atoms with van der Waals surface area (Å²) in [7, 11) is 3.90. The summed E-state index contributed by atoms with van der Waals surface area (Å²) in [6.45, 7) is 1.96. The normalized spacial score (nSPS) is 11.0. The number of benzene rings is 2. The molecule has 0 saturated carbocycles. The van der Waals surface area contributed by atoms with Gasteiger partial charge >= 0.3 is 0 Å². The van der Waals surface area contributed by atoms with E-state index in [4.69, 9.17) is 16.5 Å². The van der Waals surface area contributed by atoms with Crippen LogP contribution in [0.5, 0.6) is 0 Å². The highest BCUT2D eigenvalue weighted by Gasteiger charge is 2.21. The zero-order valence-corrected chi connectivity index (χ0v) is 16.4. The number of primary amides is 1. The number of hydrogen-bond acceptors (Lipinski definition) is 6. The number of nitrogen functional groups attached to an aromatic ring is 1. The molecule has 146 valence electrons. The van der Waals surface area contributed by atoms with Crippen molar-refractivity contribution >= 4 is 28.2 Å². The number of fused-ring (bicyclic) bond motifs is 1. The van der Waals surface area contributed by atoms with Crippen LogP contribution in [-0.2, 0) is 0 Å². The van der Waals surface area contributed by atoms with Gasteiger partial charge in [-0.25, -0.2) is 9.97 Å². The van der Waals surface area contributed by atoms with E-state index < -0.39 is 5.91 Å². The van der Waals surface area contributed by atoms with Gasteiger partial charge in [-0.05, 0) is 30.7 Å². The number of aromatic amines is 1. The minimum Gasteiger partial charge on any atom is -0.395 e. The summed E-state index contributed by atoms with van der Waals surface area (Å²) in [6.07, 6.45) is 1.72. The number of anilines is 2. The molecule has 0 atom stereocenters. The molecule has 8 nitrogen and oxygen atoms in total. The average molecular weight is 387 g/mol. The molecule has 0 unspecified atom stereocenters. The number of amides is 1. The predicted octanol–water partition coefficient (Wildman–Crippen LogP) is 2.74. The quantitative estimate of drug-likeness (QED) is 0.494. The number of H-pyrrole nitrogens is 1. The zero-order valence-electron chi connectivity index (χ0n) is 16.4. The third-order valence-electron chi connectivity index (χ3n) is 4.87. The molecule has 0 radical (unpaired) electrons. The Kier molecular flexibility index (Phi) is 4.38. The molecule has 29 heavy (non-hydrogen) atoms. The molecule has 0 bridgehead atoms. The topological polar surface area (TPSA) is 127 Å². The molecule has 1 amide bonds. The maximum absolute atomic E-state index is 12.1. The molecule has 0 aliphatic rings. The molecule has 4 aromatic rings. The van der Waals surface area contributed by atoms with E-state index >= 15 is 0 Å². The summed E-state index contributed by atoms with van der Waals surface area (Å²) >= 11 is 0. The Morgan fingerprint density at radius 1 is 1.14 bits per heavy atom. The number of carbonyl (C=O) groups is 1. The van der Waals surface area contributed by atoms with Gasteiger partial charge in [-0.15, -0.1) is 0 Å². The Morgan fingerprint density at radius 2 is 1.93 bits per heavy atom. The van der Waals surface area contributed by atoms with Gasteiger partial charge in [0.1, 0.15) is 0 Å². The summed E-state index contributed by atoms with van der Waals surface area (Å²) in [5, 5.41) is 7.93. The molecule has 0 saturated heterocycles. The summed E-state index contributed by atoms with van der Waals surface area (Å²) in [4.78, 5) is 23.2. The van der Waals surface area contributed by atoms with Crippen LogP contribution in [0.15, 0.2) is 42.6 Å². The Balaban J connectivity index is 2.03. The lowest BCUT2D eigenvalue weighted by Gasteiger charge is -2.15. The lowest BCUT2D eigenvalue weighted by Crippen LogP contribution is -2.18. The van der Waals surface area contributed by atoms with Crippen molar-refractivity contribution in [3.05, 3.63) is 53.9 Å². The van der Waals surface area contributed by atoms with Crippen molar-refractivity contribution in [3.63, 3.8) is 0 Å². The van der Waals surface area contributed by atoms with E-state index in [-0.39, 0.29) is 11.4 Å². The van der Waals surface area contributed by atoms with Crippen molar-refractivity contribution in [2.45, 2.75) is 6.92 Å².